The van der Waals surface area contributed by atoms with Crippen LogP contribution in [0.2, 0.25) is 0 Å². The van der Waals surface area contributed by atoms with E-state index in [4.69, 9.17) is 4.74 Å². The third-order valence-corrected chi connectivity index (χ3v) is 6.23. The summed E-state index contributed by atoms with van der Waals surface area (Å²) in [6, 6.07) is 8.35. The fourth-order valence-corrected chi connectivity index (χ4v) is 4.60. The number of morpholine rings is 1. The topological polar surface area (TPSA) is 100 Å². The quantitative estimate of drug-likeness (QED) is 0.362. The Kier molecular flexibility index (Phi) is 5.65. The van der Waals surface area contributed by atoms with Gasteiger partial charge in [-0.05, 0) is 30.7 Å². The number of Topliss-reactive ketones (excluding diaryl/α,β-unsaturated/α-hetero) is 1. The van der Waals surface area contributed by atoms with Crippen molar-refractivity contribution < 1.29 is 19.4 Å². The van der Waals surface area contributed by atoms with Gasteiger partial charge in [0, 0.05) is 44.8 Å². The van der Waals surface area contributed by atoms with Gasteiger partial charge in [0.25, 0.3) is 11.7 Å². The number of hydrogen-bond donors (Lipinski definition) is 1. The Hall–Kier alpha value is -3.56. The minimum absolute atomic E-state index is 0.0590. The van der Waals surface area contributed by atoms with Crippen LogP contribution in [-0.2, 0) is 14.3 Å². The molecule has 3 aromatic heterocycles. The first-order chi connectivity index (χ1) is 16.1. The van der Waals surface area contributed by atoms with Crippen LogP contribution in [-0.4, -0.2) is 80.4 Å². The molecule has 1 N–H and O–H groups in total. The molecule has 170 valence electrons. The van der Waals surface area contributed by atoms with E-state index < -0.39 is 17.7 Å². The van der Waals surface area contributed by atoms with Crippen LogP contribution < -0.4 is 0 Å². The molecule has 0 bridgehead atoms. The number of fused-ring (bicyclic) bond motifs is 1. The lowest BCUT2D eigenvalue weighted by Crippen LogP contribution is -2.42. The molecule has 5 heterocycles. The van der Waals surface area contributed by atoms with Gasteiger partial charge < -0.3 is 14.7 Å². The van der Waals surface area contributed by atoms with Crippen molar-refractivity contribution >= 4 is 23.1 Å². The first-order valence-electron chi connectivity index (χ1n) is 11.0. The van der Waals surface area contributed by atoms with Crippen molar-refractivity contribution in [3.05, 3.63) is 71.4 Å². The Morgan fingerprint density at radius 3 is 2.73 bits per heavy atom. The van der Waals surface area contributed by atoms with Crippen molar-refractivity contribution in [3.8, 4) is 0 Å². The molecule has 1 unspecified atom stereocenters. The monoisotopic (exact) mass is 447 g/mol. The number of hydrogen-bond acceptors (Lipinski definition) is 7. The van der Waals surface area contributed by atoms with Crippen molar-refractivity contribution in [2.75, 3.05) is 39.4 Å². The SMILES string of the molecule is Cc1nc2ccccn2c1C(O)=C1C(=O)C(=O)N(CCN2CCOCC2)C1c1cccnc1. The maximum absolute atomic E-state index is 13.2. The Morgan fingerprint density at radius 1 is 1.15 bits per heavy atom. The second-order valence-electron chi connectivity index (χ2n) is 8.21. The number of pyridine rings is 2. The van der Waals surface area contributed by atoms with Crippen LogP contribution in [0, 0.1) is 6.92 Å². The summed E-state index contributed by atoms with van der Waals surface area (Å²) in [6.07, 6.45) is 5.04. The van der Waals surface area contributed by atoms with Crippen LogP contribution in [0.1, 0.15) is 23.0 Å². The molecule has 0 aliphatic carbocycles. The number of ether oxygens (including phenoxy) is 1. The third kappa shape index (κ3) is 3.79. The zero-order valence-electron chi connectivity index (χ0n) is 18.3. The fourth-order valence-electron chi connectivity index (χ4n) is 4.60. The van der Waals surface area contributed by atoms with Gasteiger partial charge in [-0.2, -0.15) is 0 Å². The van der Waals surface area contributed by atoms with Crippen LogP contribution in [0.15, 0.2) is 54.5 Å². The summed E-state index contributed by atoms with van der Waals surface area (Å²) in [5.41, 5.74) is 2.36. The molecule has 0 spiro atoms. The van der Waals surface area contributed by atoms with Gasteiger partial charge in [0.1, 0.15) is 11.3 Å². The summed E-state index contributed by atoms with van der Waals surface area (Å²) in [5, 5.41) is 11.4. The number of aliphatic hydroxyl groups excluding tert-OH is 1. The molecule has 2 saturated heterocycles. The van der Waals surface area contributed by atoms with Gasteiger partial charge in [-0.1, -0.05) is 12.1 Å². The van der Waals surface area contributed by atoms with E-state index in [0.29, 0.717) is 48.9 Å². The van der Waals surface area contributed by atoms with Crippen LogP contribution in [0.4, 0.5) is 0 Å². The maximum atomic E-state index is 13.2. The van der Waals surface area contributed by atoms with E-state index >= 15 is 0 Å². The van der Waals surface area contributed by atoms with Crippen molar-refractivity contribution in [2.24, 2.45) is 0 Å². The van der Waals surface area contributed by atoms with Gasteiger partial charge in [0.05, 0.1) is 30.5 Å². The number of aryl methyl sites for hydroxylation is 1. The standard InChI is InChI=1S/C24H25N5O4/c1-16-20(28-8-3-2-6-18(28)26-16)22(30)19-21(17-5-4-7-25-15-17)29(24(32)23(19)31)10-9-27-11-13-33-14-12-27/h2-8,15,21,30H,9-14H2,1H3. The summed E-state index contributed by atoms with van der Waals surface area (Å²) >= 11 is 0. The van der Waals surface area contributed by atoms with Crippen LogP contribution in [0.5, 0.6) is 0 Å². The van der Waals surface area contributed by atoms with Gasteiger partial charge in [0.15, 0.2) is 5.76 Å². The second-order valence-corrected chi connectivity index (χ2v) is 8.21. The molecule has 0 radical (unpaired) electrons. The number of aliphatic hydroxyl groups is 1. The van der Waals surface area contributed by atoms with Crippen LogP contribution in [0.25, 0.3) is 11.4 Å². The minimum Gasteiger partial charge on any atom is -0.505 e. The van der Waals surface area contributed by atoms with Crippen molar-refractivity contribution in [1.82, 2.24) is 24.2 Å². The predicted molar refractivity (Wildman–Crippen MR) is 120 cm³/mol. The second kappa shape index (κ2) is 8.76. The summed E-state index contributed by atoms with van der Waals surface area (Å²) in [7, 11) is 0. The van der Waals surface area contributed by atoms with Gasteiger partial charge in [-0.25, -0.2) is 4.98 Å². The lowest BCUT2D eigenvalue weighted by atomic mass is 9.97. The largest absolute Gasteiger partial charge is 0.505 e. The van der Waals surface area contributed by atoms with E-state index in [1.807, 2.05) is 24.3 Å². The zero-order valence-corrected chi connectivity index (χ0v) is 18.3. The van der Waals surface area contributed by atoms with E-state index in [1.54, 1.807) is 40.9 Å². The van der Waals surface area contributed by atoms with E-state index in [0.717, 1.165) is 13.1 Å². The van der Waals surface area contributed by atoms with Crippen LogP contribution in [0.3, 0.4) is 0 Å². The molecule has 1 amide bonds. The van der Waals surface area contributed by atoms with E-state index in [1.165, 1.54) is 0 Å². The summed E-state index contributed by atoms with van der Waals surface area (Å²) in [6.45, 7) is 5.60. The molecule has 1 atom stereocenters. The first kappa shape index (κ1) is 21.3. The molecule has 5 rings (SSSR count). The number of nitrogens with zero attached hydrogens (tertiary/aromatic N) is 5. The summed E-state index contributed by atoms with van der Waals surface area (Å²) < 4.78 is 7.13. The third-order valence-electron chi connectivity index (χ3n) is 6.23. The lowest BCUT2D eigenvalue weighted by Gasteiger charge is -2.30. The fraction of sp³-hybridized carbons (Fsp3) is 0.333. The number of aromatic nitrogens is 3. The average molecular weight is 447 g/mol. The number of carbonyl (C=O) groups excluding carboxylic acids is 2. The molecule has 2 aliphatic heterocycles. The molecular formula is C24H25N5O4. The van der Waals surface area contributed by atoms with E-state index in [9.17, 15) is 14.7 Å². The highest BCUT2D eigenvalue weighted by molar-refractivity contribution is 6.46. The van der Waals surface area contributed by atoms with Gasteiger partial charge in [0.2, 0.25) is 0 Å². The van der Waals surface area contributed by atoms with Crippen molar-refractivity contribution in [2.45, 2.75) is 13.0 Å². The van der Waals surface area contributed by atoms with E-state index in [2.05, 4.69) is 14.9 Å². The number of carbonyl (C=O) groups is 2. The van der Waals surface area contributed by atoms with Crippen molar-refractivity contribution in [1.29, 1.82) is 0 Å². The minimum atomic E-state index is -0.728. The Labute approximate surface area is 190 Å². The average Bonchev–Trinajstić information content (AvgIpc) is 3.31. The molecule has 0 aromatic carbocycles. The smallest absolute Gasteiger partial charge is 0.295 e. The lowest BCUT2D eigenvalue weighted by molar-refractivity contribution is -0.140. The van der Waals surface area contributed by atoms with E-state index in [-0.39, 0.29) is 11.3 Å². The zero-order chi connectivity index (χ0) is 22.9. The molecular weight excluding hydrogens is 422 g/mol. The number of likely N-dealkylation sites (tertiary alicyclic amines) is 1. The number of rotatable bonds is 5. The number of ketones is 1. The highest BCUT2D eigenvalue weighted by Gasteiger charge is 2.46. The van der Waals surface area contributed by atoms with Gasteiger partial charge >= 0.3 is 0 Å². The highest BCUT2D eigenvalue weighted by Crippen LogP contribution is 2.39. The van der Waals surface area contributed by atoms with Crippen molar-refractivity contribution in [3.63, 3.8) is 0 Å². The molecule has 33 heavy (non-hydrogen) atoms. The molecule has 0 saturated carbocycles. The first-order valence-corrected chi connectivity index (χ1v) is 11.0. The number of amides is 1. The Morgan fingerprint density at radius 2 is 1.97 bits per heavy atom. The number of imidazole rings is 1. The van der Waals surface area contributed by atoms with Gasteiger partial charge in [-0.15, -0.1) is 0 Å². The Bertz CT molecular complexity index is 1230. The summed E-state index contributed by atoms with van der Waals surface area (Å²) in [5.74, 6) is -1.55. The highest BCUT2D eigenvalue weighted by atomic mass is 16.5. The maximum Gasteiger partial charge on any atom is 0.295 e. The van der Waals surface area contributed by atoms with Crippen LogP contribution >= 0.6 is 0 Å². The normalized spacial score (nSPS) is 21.2. The molecule has 2 aliphatic rings. The molecule has 9 nitrogen and oxygen atoms in total. The molecule has 3 aromatic rings. The Balaban J connectivity index is 1.59. The summed E-state index contributed by atoms with van der Waals surface area (Å²) in [4.78, 5) is 38.8. The predicted octanol–water partition coefficient (Wildman–Crippen LogP) is 1.79. The van der Waals surface area contributed by atoms with Gasteiger partial charge in [-0.3, -0.25) is 23.9 Å². The molecule has 2 fully saturated rings. The molecule has 9 heteroatoms.